The molecule has 0 unspecified atom stereocenters. The molecule has 0 aliphatic carbocycles. The highest BCUT2D eigenvalue weighted by molar-refractivity contribution is 7.89. The number of thiazole rings is 1. The van der Waals surface area contributed by atoms with Crippen molar-refractivity contribution in [2.45, 2.75) is 37.6 Å². The van der Waals surface area contributed by atoms with Crippen LogP contribution in [0.25, 0.3) is 11.3 Å². The molecule has 4 aromatic rings. The number of piperidine rings is 1. The van der Waals surface area contributed by atoms with E-state index in [1.165, 1.54) is 5.56 Å². The van der Waals surface area contributed by atoms with Crippen LogP contribution in [0.15, 0.2) is 100 Å². The maximum absolute atomic E-state index is 13.2. The summed E-state index contributed by atoms with van der Waals surface area (Å²) in [4.78, 5) is 6.19. The summed E-state index contributed by atoms with van der Waals surface area (Å²) in [6, 6.07) is 27.7. The maximum atomic E-state index is 13.2. The second-order valence-corrected chi connectivity index (χ2v) is 12.1. The van der Waals surface area contributed by atoms with Gasteiger partial charge in [-0.1, -0.05) is 67.6 Å². The van der Waals surface area contributed by atoms with Gasteiger partial charge in [0.1, 0.15) is 0 Å². The van der Waals surface area contributed by atoms with Gasteiger partial charge < -0.3 is 4.57 Å². The van der Waals surface area contributed by atoms with Gasteiger partial charge in [-0.3, -0.25) is 0 Å². The normalized spacial score (nSPS) is 15.9. The fourth-order valence-electron chi connectivity index (χ4n) is 4.54. The number of benzene rings is 3. The standard InChI is InChI=1S/C29H31N3O2S2/c1-23-16-19-31(20-17-23)36(33,34)27-14-12-25(13-15-27)28-22-35-29(30-26-10-6-3-7-11-26)32(28)21-18-24-8-4-2-5-9-24/h2-15,22-23H,16-21H2,1H3. The van der Waals surface area contributed by atoms with Crippen LogP contribution >= 0.6 is 11.3 Å². The van der Waals surface area contributed by atoms with Crippen LogP contribution in [0.1, 0.15) is 25.3 Å². The van der Waals surface area contributed by atoms with Gasteiger partial charge in [-0.25, -0.2) is 13.4 Å². The fraction of sp³-hybridized carbons (Fsp3) is 0.276. The Bertz CT molecular complexity index is 1450. The van der Waals surface area contributed by atoms with Gasteiger partial charge in [-0.05, 0) is 60.6 Å². The van der Waals surface area contributed by atoms with Gasteiger partial charge in [0.25, 0.3) is 0 Å². The number of hydrogen-bond acceptors (Lipinski definition) is 4. The van der Waals surface area contributed by atoms with Crippen LogP contribution in [0.3, 0.4) is 0 Å². The number of hydrogen-bond donors (Lipinski definition) is 0. The Balaban J connectivity index is 1.46. The van der Waals surface area contributed by atoms with Gasteiger partial charge >= 0.3 is 0 Å². The first-order chi connectivity index (χ1) is 17.5. The van der Waals surface area contributed by atoms with E-state index in [1.807, 2.05) is 48.5 Å². The minimum atomic E-state index is -3.47. The lowest BCUT2D eigenvalue weighted by Crippen LogP contribution is -2.37. The molecule has 1 aliphatic rings. The van der Waals surface area contributed by atoms with E-state index >= 15 is 0 Å². The molecule has 186 valence electrons. The molecular weight excluding hydrogens is 486 g/mol. The fourth-order valence-corrected chi connectivity index (χ4v) is 6.96. The predicted octanol–water partition coefficient (Wildman–Crippen LogP) is 6.11. The first-order valence-corrected chi connectivity index (χ1v) is 14.8. The molecule has 1 aliphatic heterocycles. The Labute approximate surface area is 217 Å². The number of aryl methyl sites for hydroxylation is 1. The number of nitrogens with zero attached hydrogens (tertiary/aromatic N) is 3. The highest BCUT2D eigenvalue weighted by Crippen LogP contribution is 2.27. The summed E-state index contributed by atoms with van der Waals surface area (Å²) in [5.74, 6) is 0.583. The number of rotatable bonds is 7. The average Bonchev–Trinajstić information content (AvgIpc) is 3.31. The van der Waals surface area contributed by atoms with E-state index in [9.17, 15) is 8.42 Å². The minimum Gasteiger partial charge on any atom is -0.316 e. The molecule has 3 aromatic carbocycles. The lowest BCUT2D eigenvalue weighted by molar-refractivity contribution is 0.288. The number of para-hydroxylation sites is 1. The molecule has 1 aromatic heterocycles. The molecule has 0 spiro atoms. The molecule has 0 radical (unpaired) electrons. The molecule has 0 saturated carbocycles. The second kappa shape index (κ2) is 10.9. The minimum absolute atomic E-state index is 0.362. The third-order valence-corrected chi connectivity index (χ3v) is 9.55. The zero-order chi connectivity index (χ0) is 25.0. The van der Waals surface area contributed by atoms with Crippen molar-refractivity contribution in [3.8, 4) is 11.3 Å². The number of sulfonamides is 1. The highest BCUT2D eigenvalue weighted by atomic mass is 32.2. The van der Waals surface area contributed by atoms with Gasteiger partial charge in [0.15, 0.2) is 4.80 Å². The van der Waals surface area contributed by atoms with Crippen molar-refractivity contribution < 1.29 is 8.42 Å². The maximum Gasteiger partial charge on any atom is 0.243 e. The summed E-state index contributed by atoms with van der Waals surface area (Å²) in [5.41, 5.74) is 4.21. The van der Waals surface area contributed by atoms with E-state index < -0.39 is 10.0 Å². The van der Waals surface area contributed by atoms with Gasteiger partial charge in [-0.15, -0.1) is 11.3 Å². The topological polar surface area (TPSA) is 54.7 Å². The Hall–Kier alpha value is -3.00. The van der Waals surface area contributed by atoms with Crippen LogP contribution in [0.4, 0.5) is 5.69 Å². The summed E-state index contributed by atoms with van der Waals surface area (Å²) < 4.78 is 30.2. The van der Waals surface area contributed by atoms with E-state index in [4.69, 9.17) is 4.99 Å². The Morgan fingerprint density at radius 1 is 0.889 bits per heavy atom. The lowest BCUT2D eigenvalue weighted by Gasteiger charge is -2.29. The van der Waals surface area contributed by atoms with E-state index in [2.05, 4.69) is 41.1 Å². The van der Waals surface area contributed by atoms with Gasteiger partial charge in [-0.2, -0.15) is 4.31 Å². The predicted molar refractivity (Wildman–Crippen MR) is 147 cm³/mol. The van der Waals surface area contributed by atoms with Crippen molar-refractivity contribution in [2.24, 2.45) is 10.9 Å². The second-order valence-electron chi connectivity index (χ2n) is 9.35. The lowest BCUT2D eigenvalue weighted by atomic mass is 10.0. The van der Waals surface area contributed by atoms with Crippen LogP contribution in [0.2, 0.25) is 0 Å². The van der Waals surface area contributed by atoms with E-state index in [-0.39, 0.29) is 0 Å². The summed E-state index contributed by atoms with van der Waals surface area (Å²) >= 11 is 1.60. The smallest absolute Gasteiger partial charge is 0.243 e. The third-order valence-electron chi connectivity index (χ3n) is 6.78. The zero-order valence-electron chi connectivity index (χ0n) is 20.5. The molecule has 5 rings (SSSR count). The van der Waals surface area contributed by atoms with Crippen LogP contribution in [-0.4, -0.2) is 30.4 Å². The SMILES string of the molecule is CC1CCN(S(=O)(=O)c2ccc(-c3csc(=Nc4ccccc4)n3CCc3ccccc3)cc2)CC1. The van der Waals surface area contributed by atoms with Crippen molar-refractivity contribution in [3.63, 3.8) is 0 Å². The quantitative estimate of drug-likeness (QED) is 0.297. The van der Waals surface area contributed by atoms with E-state index in [0.717, 1.165) is 47.6 Å². The van der Waals surface area contributed by atoms with Gasteiger partial charge in [0.2, 0.25) is 10.0 Å². The molecule has 0 amide bonds. The van der Waals surface area contributed by atoms with Crippen molar-refractivity contribution >= 4 is 27.0 Å². The zero-order valence-corrected chi connectivity index (χ0v) is 22.1. The van der Waals surface area contributed by atoms with Crippen molar-refractivity contribution in [2.75, 3.05) is 13.1 Å². The summed E-state index contributed by atoms with van der Waals surface area (Å²) in [7, 11) is -3.47. The van der Waals surface area contributed by atoms with Gasteiger partial charge in [0, 0.05) is 25.0 Å². The van der Waals surface area contributed by atoms with Crippen LogP contribution in [0, 0.1) is 5.92 Å². The van der Waals surface area contributed by atoms with Gasteiger partial charge in [0.05, 0.1) is 16.3 Å². The molecule has 0 N–H and O–H groups in total. The first-order valence-electron chi connectivity index (χ1n) is 12.4. The summed E-state index contributed by atoms with van der Waals surface area (Å²) in [6.07, 6.45) is 2.72. The molecule has 0 bridgehead atoms. The van der Waals surface area contributed by atoms with Crippen molar-refractivity contribution in [1.29, 1.82) is 0 Å². The highest BCUT2D eigenvalue weighted by Gasteiger charge is 2.28. The molecular formula is C29H31N3O2S2. The Morgan fingerprint density at radius 3 is 2.19 bits per heavy atom. The largest absolute Gasteiger partial charge is 0.316 e. The number of aromatic nitrogens is 1. The van der Waals surface area contributed by atoms with Crippen LogP contribution in [0.5, 0.6) is 0 Å². The van der Waals surface area contributed by atoms with Crippen molar-refractivity contribution in [3.05, 3.63) is 101 Å². The molecule has 36 heavy (non-hydrogen) atoms. The summed E-state index contributed by atoms with van der Waals surface area (Å²) in [5, 5.41) is 2.11. The summed E-state index contributed by atoms with van der Waals surface area (Å²) in [6.45, 7) is 4.16. The Kier molecular flexibility index (Phi) is 7.51. The molecule has 1 saturated heterocycles. The first kappa shape index (κ1) is 24.7. The molecule has 7 heteroatoms. The average molecular weight is 518 g/mol. The molecule has 5 nitrogen and oxygen atoms in total. The van der Waals surface area contributed by atoms with Crippen LogP contribution in [-0.2, 0) is 23.0 Å². The van der Waals surface area contributed by atoms with E-state index in [0.29, 0.717) is 23.9 Å². The van der Waals surface area contributed by atoms with Crippen LogP contribution < -0.4 is 4.80 Å². The monoisotopic (exact) mass is 517 g/mol. The molecule has 2 heterocycles. The Morgan fingerprint density at radius 2 is 1.53 bits per heavy atom. The van der Waals surface area contributed by atoms with E-state index in [1.54, 1.807) is 27.8 Å². The molecule has 1 fully saturated rings. The van der Waals surface area contributed by atoms with Crippen molar-refractivity contribution in [1.82, 2.24) is 8.87 Å². The third kappa shape index (κ3) is 5.53. The molecule has 0 atom stereocenters.